The third-order valence-electron chi connectivity index (χ3n) is 5.92. The molecule has 0 unspecified atom stereocenters. The largest absolute Gasteiger partial charge is 0.463 e. The van der Waals surface area contributed by atoms with Crippen LogP contribution in [0.4, 0.5) is 4.79 Å². The van der Waals surface area contributed by atoms with E-state index in [-0.39, 0.29) is 36.1 Å². The lowest BCUT2D eigenvalue weighted by Gasteiger charge is -2.25. The van der Waals surface area contributed by atoms with Crippen molar-refractivity contribution in [2.24, 2.45) is 11.8 Å². The third-order valence-corrected chi connectivity index (χ3v) is 6.02. The van der Waals surface area contributed by atoms with Crippen LogP contribution in [-0.4, -0.2) is 45.9 Å². The van der Waals surface area contributed by atoms with Crippen LogP contribution in [0, 0.1) is 11.8 Å². The van der Waals surface area contributed by atoms with Crippen molar-refractivity contribution < 1.29 is 29.3 Å². The first-order valence-corrected chi connectivity index (χ1v) is 12.3. The molecule has 1 saturated carbocycles. The molecular formula is C24H42O6S. The lowest BCUT2D eigenvalue weighted by Crippen LogP contribution is -2.25. The molecule has 0 aliphatic heterocycles. The van der Waals surface area contributed by atoms with Crippen LogP contribution in [0.5, 0.6) is 0 Å². The van der Waals surface area contributed by atoms with E-state index in [0.29, 0.717) is 32.1 Å². The smallest absolute Gasteiger partial charge is 0.364 e. The van der Waals surface area contributed by atoms with Gasteiger partial charge in [0, 0.05) is 18.8 Å². The van der Waals surface area contributed by atoms with Gasteiger partial charge in [0.25, 0.3) is 0 Å². The molecule has 2 N–H and O–H groups in total. The maximum absolute atomic E-state index is 11.6. The lowest BCUT2D eigenvalue weighted by molar-refractivity contribution is -0.147. The van der Waals surface area contributed by atoms with Crippen molar-refractivity contribution in [3.8, 4) is 0 Å². The molecule has 0 amide bonds. The summed E-state index contributed by atoms with van der Waals surface area (Å²) in [5.74, 6) is -0.207. The van der Waals surface area contributed by atoms with E-state index in [1.807, 2.05) is 26.0 Å². The predicted molar refractivity (Wildman–Crippen MR) is 125 cm³/mol. The highest BCUT2D eigenvalue weighted by molar-refractivity contribution is 7.96. The molecule has 0 spiro atoms. The Morgan fingerprint density at radius 2 is 1.87 bits per heavy atom. The Balaban J connectivity index is 2.54. The van der Waals surface area contributed by atoms with E-state index < -0.39 is 11.4 Å². The van der Waals surface area contributed by atoms with Crippen LogP contribution in [0.15, 0.2) is 12.2 Å². The zero-order valence-electron chi connectivity index (χ0n) is 19.4. The average Bonchev–Trinajstić information content (AvgIpc) is 2.96. The molecule has 0 aromatic heterocycles. The summed E-state index contributed by atoms with van der Waals surface area (Å²) in [4.78, 5) is 23.0. The molecule has 180 valence electrons. The van der Waals surface area contributed by atoms with E-state index in [2.05, 4.69) is 19.6 Å². The predicted octanol–water partition coefficient (Wildman–Crippen LogP) is 5.21. The van der Waals surface area contributed by atoms with Gasteiger partial charge in [-0.1, -0.05) is 51.0 Å². The maximum Gasteiger partial charge on any atom is 0.364 e. The van der Waals surface area contributed by atoms with Crippen molar-refractivity contribution in [3.63, 3.8) is 0 Å². The minimum Gasteiger partial charge on any atom is -0.463 e. The second-order valence-electron chi connectivity index (χ2n) is 8.92. The summed E-state index contributed by atoms with van der Waals surface area (Å²) in [6.45, 7) is 5.81. The second-order valence-corrected chi connectivity index (χ2v) is 9.28. The number of carbonyl (C=O) groups excluding carboxylic acids is 2. The molecule has 5 atom stereocenters. The van der Waals surface area contributed by atoms with Gasteiger partial charge in [-0.05, 0) is 58.3 Å². The minimum absolute atomic E-state index is 0.00361. The number of hydrogen-bond donors (Lipinski definition) is 3. The number of ether oxygens (including phenoxy) is 2. The molecule has 0 saturated heterocycles. The molecule has 0 bridgehead atoms. The molecule has 0 aromatic rings. The van der Waals surface area contributed by atoms with E-state index in [4.69, 9.17) is 9.47 Å². The Labute approximate surface area is 193 Å². The lowest BCUT2D eigenvalue weighted by atomic mass is 9.85. The standard InChI is InChI=1S/C24H42O6S/c1-4-5-8-11-18(25)14-15-19-20(22(16-21(19)26)30-24(28)31)12-9-6-7-10-13-23(27)29-17(2)3/h6,9,17-22,25-26H,4-5,7-8,10-16H2,1-3H3,(H,28,31)/b9-6-/t18-,19+,20+,21+,22-/m0/s1. The Kier molecular flexibility index (Phi) is 14.2. The topological polar surface area (TPSA) is 93.1 Å². The van der Waals surface area contributed by atoms with Crippen LogP contribution in [-0.2, 0) is 14.3 Å². The number of rotatable bonds is 15. The number of carbonyl (C=O) groups is 2. The SMILES string of the molecule is CCCCC[C@H](O)CC[C@@H]1[C@@H](C/C=C\CCCC(=O)OC(C)C)[C@@H](OC(=O)S)C[C@H]1O. The first-order chi connectivity index (χ1) is 14.7. The second kappa shape index (κ2) is 15.7. The number of aliphatic hydroxyl groups is 2. The Hall–Kier alpha value is -1.05. The van der Waals surface area contributed by atoms with Crippen molar-refractivity contribution in [1.29, 1.82) is 0 Å². The van der Waals surface area contributed by atoms with Crippen molar-refractivity contribution in [1.82, 2.24) is 0 Å². The molecule has 1 aliphatic carbocycles. The van der Waals surface area contributed by atoms with E-state index >= 15 is 0 Å². The van der Waals surface area contributed by atoms with E-state index in [0.717, 1.165) is 38.5 Å². The number of unbranched alkanes of at least 4 members (excludes halogenated alkanes) is 3. The molecule has 1 rings (SSSR count). The summed E-state index contributed by atoms with van der Waals surface area (Å²) in [7, 11) is 0. The molecule has 0 radical (unpaired) electrons. The normalized spacial score (nSPS) is 24.6. The van der Waals surface area contributed by atoms with Gasteiger partial charge in [0.05, 0.1) is 18.3 Å². The molecule has 31 heavy (non-hydrogen) atoms. The summed E-state index contributed by atoms with van der Waals surface area (Å²) >= 11 is 3.74. The molecule has 1 aliphatic rings. The number of esters is 1. The highest BCUT2D eigenvalue weighted by Crippen LogP contribution is 2.40. The van der Waals surface area contributed by atoms with Crippen LogP contribution in [0.25, 0.3) is 0 Å². The average molecular weight is 459 g/mol. The van der Waals surface area contributed by atoms with Gasteiger partial charge in [-0.2, -0.15) is 0 Å². The van der Waals surface area contributed by atoms with Crippen LogP contribution in [0.1, 0.15) is 91.4 Å². The molecule has 6 nitrogen and oxygen atoms in total. The zero-order chi connectivity index (χ0) is 23.2. The van der Waals surface area contributed by atoms with Gasteiger partial charge in [0.2, 0.25) is 0 Å². The summed E-state index contributed by atoms with van der Waals surface area (Å²) in [5, 5.41) is 20.2. The molecular weight excluding hydrogens is 416 g/mol. The molecule has 0 heterocycles. The van der Waals surface area contributed by atoms with Crippen LogP contribution in [0.2, 0.25) is 0 Å². The van der Waals surface area contributed by atoms with Crippen molar-refractivity contribution in [3.05, 3.63) is 12.2 Å². The fourth-order valence-corrected chi connectivity index (χ4v) is 4.50. The third kappa shape index (κ3) is 11.9. The minimum atomic E-state index is -0.630. The fourth-order valence-electron chi connectivity index (χ4n) is 4.36. The van der Waals surface area contributed by atoms with Crippen molar-refractivity contribution in [2.75, 3.05) is 0 Å². The Bertz CT molecular complexity index is 550. The van der Waals surface area contributed by atoms with Gasteiger partial charge in [-0.25, -0.2) is 4.79 Å². The molecule has 1 fully saturated rings. The summed E-state index contributed by atoms with van der Waals surface area (Å²) in [5.41, 5.74) is 0. The Morgan fingerprint density at radius 3 is 2.52 bits per heavy atom. The first kappa shape index (κ1) is 28.0. The van der Waals surface area contributed by atoms with Crippen molar-refractivity contribution in [2.45, 2.75) is 116 Å². The van der Waals surface area contributed by atoms with E-state index in [1.54, 1.807) is 0 Å². The van der Waals surface area contributed by atoms with Crippen LogP contribution >= 0.6 is 12.6 Å². The summed E-state index contributed by atoms with van der Waals surface area (Å²) in [6.07, 6.45) is 11.1. The van der Waals surface area contributed by atoms with Gasteiger partial charge >= 0.3 is 11.3 Å². The van der Waals surface area contributed by atoms with Gasteiger partial charge in [0.15, 0.2) is 0 Å². The van der Waals surface area contributed by atoms with Crippen molar-refractivity contribution >= 4 is 23.9 Å². The number of thiol groups is 1. The zero-order valence-corrected chi connectivity index (χ0v) is 20.3. The monoisotopic (exact) mass is 458 g/mol. The van der Waals surface area contributed by atoms with Gasteiger partial charge < -0.3 is 19.7 Å². The van der Waals surface area contributed by atoms with E-state index in [1.165, 1.54) is 0 Å². The highest BCUT2D eigenvalue weighted by Gasteiger charge is 2.43. The van der Waals surface area contributed by atoms with Gasteiger partial charge in [-0.3, -0.25) is 4.79 Å². The van der Waals surface area contributed by atoms with Gasteiger partial charge in [-0.15, -0.1) is 0 Å². The molecule has 7 heteroatoms. The van der Waals surface area contributed by atoms with E-state index in [9.17, 15) is 19.8 Å². The quantitative estimate of drug-likeness (QED) is 0.135. The first-order valence-electron chi connectivity index (χ1n) is 11.8. The number of hydrogen-bond acceptors (Lipinski definition) is 6. The number of aliphatic hydroxyl groups excluding tert-OH is 2. The fraction of sp³-hybridized carbons (Fsp3) is 0.833. The van der Waals surface area contributed by atoms with Gasteiger partial charge in [0.1, 0.15) is 6.10 Å². The maximum atomic E-state index is 11.6. The number of allylic oxidation sites excluding steroid dienone is 2. The van der Waals surface area contributed by atoms with Crippen LogP contribution < -0.4 is 0 Å². The van der Waals surface area contributed by atoms with Crippen LogP contribution in [0.3, 0.4) is 0 Å². The molecule has 0 aromatic carbocycles. The summed E-state index contributed by atoms with van der Waals surface area (Å²) < 4.78 is 10.5. The summed E-state index contributed by atoms with van der Waals surface area (Å²) in [6, 6.07) is 0. The highest BCUT2D eigenvalue weighted by atomic mass is 32.1. The Morgan fingerprint density at radius 1 is 1.13 bits per heavy atom.